The number of nitrogens with two attached hydrogens (primary N) is 1. The van der Waals surface area contributed by atoms with E-state index in [4.69, 9.17) is 10.5 Å². The summed E-state index contributed by atoms with van der Waals surface area (Å²) < 4.78 is 5.29. The summed E-state index contributed by atoms with van der Waals surface area (Å²) in [4.78, 5) is 41.7. The van der Waals surface area contributed by atoms with Crippen molar-refractivity contribution in [1.29, 1.82) is 0 Å². The predicted molar refractivity (Wildman–Crippen MR) is 125 cm³/mol. The Labute approximate surface area is 192 Å². The second kappa shape index (κ2) is 10.7. The standard InChI is InChI=1S/C23H30N4O4S/c1-15(2)31-23(30)19-16(3)20(21(24)29)32-22(19)25-18(28)14-27-11-9-26(10-12-27)13-17-7-5-4-6-8-17/h4-8,15H,9-14H2,1-3H3,(H2,24,29)(H,25,28). The number of benzene rings is 1. The summed E-state index contributed by atoms with van der Waals surface area (Å²) in [7, 11) is 0. The molecule has 1 aliphatic heterocycles. The summed E-state index contributed by atoms with van der Waals surface area (Å²) in [6.45, 7) is 9.52. The molecule has 172 valence electrons. The van der Waals surface area contributed by atoms with E-state index in [1.54, 1.807) is 20.8 Å². The van der Waals surface area contributed by atoms with E-state index >= 15 is 0 Å². The van der Waals surface area contributed by atoms with Crippen LogP contribution in [-0.2, 0) is 16.1 Å². The lowest BCUT2D eigenvalue weighted by Crippen LogP contribution is -2.48. The Bertz CT molecular complexity index is 966. The molecule has 0 radical (unpaired) electrons. The number of thiophene rings is 1. The van der Waals surface area contributed by atoms with Gasteiger partial charge in [0.25, 0.3) is 5.91 Å². The highest BCUT2D eigenvalue weighted by atomic mass is 32.1. The molecule has 0 aliphatic carbocycles. The van der Waals surface area contributed by atoms with E-state index in [0.29, 0.717) is 10.6 Å². The molecule has 1 aromatic heterocycles. The quantitative estimate of drug-likeness (QED) is 0.589. The molecule has 0 saturated carbocycles. The molecule has 0 bridgehead atoms. The fourth-order valence-electron chi connectivity index (χ4n) is 3.67. The van der Waals surface area contributed by atoms with Crippen LogP contribution in [0.5, 0.6) is 0 Å². The summed E-state index contributed by atoms with van der Waals surface area (Å²) in [5.41, 5.74) is 7.34. The van der Waals surface area contributed by atoms with Crippen molar-refractivity contribution in [1.82, 2.24) is 9.80 Å². The molecule has 1 saturated heterocycles. The molecule has 2 amide bonds. The molecule has 1 aliphatic rings. The van der Waals surface area contributed by atoms with Gasteiger partial charge in [0.15, 0.2) is 0 Å². The van der Waals surface area contributed by atoms with E-state index in [0.717, 1.165) is 44.1 Å². The third-order valence-electron chi connectivity index (χ3n) is 5.25. The first-order valence-corrected chi connectivity index (χ1v) is 11.5. The molecule has 2 heterocycles. The van der Waals surface area contributed by atoms with Gasteiger partial charge in [-0.3, -0.25) is 19.4 Å². The topological polar surface area (TPSA) is 105 Å². The maximum Gasteiger partial charge on any atom is 0.341 e. The van der Waals surface area contributed by atoms with E-state index in [2.05, 4.69) is 27.2 Å². The molecular weight excluding hydrogens is 428 g/mol. The molecular formula is C23H30N4O4S. The van der Waals surface area contributed by atoms with Crippen molar-refractivity contribution >= 4 is 34.1 Å². The summed E-state index contributed by atoms with van der Waals surface area (Å²) in [5.74, 6) is -1.45. The number of hydrogen-bond donors (Lipinski definition) is 2. The normalized spacial score (nSPS) is 15.0. The third kappa shape index (κ3) is 6.15. The highest BCUT2D eigenvalue weighted by Crippen LogP contribution is 2.33. The number of esters is 1. The van der Waals surface area contributed by atoms with Gasteiger partial charge in [-0.1, -0.05) is 30.3 Å². The monoisotopic (exact) mass is 458 g/mol. The number of hydrogen-bond acceptors (Lipinski definition) is 7. The Morgan fingerprint density at radius 3 is 2.31 bits per heavy atom. The molecule has 3 N–H and O–H groups in total. The van der Waals surface area contributed by atoms with Crippen LogP contribution in [0.3, 0.4) is 0 Å². The number of rotatable bonds is 8. The number of nitrogens with zero attached hydrogens (tertiary/aromatic N) is 2. The number of anilines is 1. The first kappa shape index (κ1) is 23.9. The summed E-state index contributed by atoms with van der Waals surface area (Å²) in [5, 5.41) is 3.10. The van der Waals surface area contributed by atoms with Crippen LogP contribution < -0.4 is 11.1 Å². The van der Waals surface area contributed by atoms with Gasteiger partial charge in [0, 0.05) is 32.7 Å². The number of primary amides is 1. The van der Waals surface area contributed by atoms with Crippen LogP contribution in [0.2, 0.25) is 0 Å². The summed E-state index contributed by atoms with van der Waals surface area (Å²) >= 11 is 1.01. The van der Waals surface area contributed by atoms with Gasteiger partial charge < -0.3 is 15.8 Å². The molecule has 1 aromatic carbocycles. The lowest BCUT2D eigenvalue weighted by atomic mass is 10.1. The zero-order valence-electron chi connectivity index (χ0n) is 18.7. The number of nitrogens with one attached hydrogen (secondary N) is 1. The number of carbonyl (C=O) groups is 3. The third-order valence-corrected chi connectivity index (χ3v) is 6.47. The van der Waals surface area contributed by atoms with E-state index in [-0.39, 0.29) is 29.0 Å². The predicted octanol–water partition coefficient (Wildman–Crippen LogP) is 2.48. The number of ether oxygens (including phenoxy) is 1. The second-order valence-electron chi connectivity index (χ2n) is 8.16. The van der Waals surface area contributed by atoms with Crippen molar-refractivity contribution in [3.8, 4) is 0 Å². The molecule has 0 unspecified atom stereocenters. The van der Waals surface area contributed by atoms with Crippen LogP contribution in [0.4, 0.5) is 5.00 Å². The highest BCUT2D eigenvalue weighted by Gasteiger charge is 2.27. The minimum Gasteiger partial charge on any atom is -0.459 e. The summed E-state index contributed by atoms with van der Waals surface area (Å²) in [6, 6.07) is 10.3. The van der Waals surface area contributed by atoms with Gasteiger partial charge >= 0.3 is 5.97 Å². The molecule has 9 heteroatoms. The smallest absolute Gasteiger partial charge is 0.341 e. The van der Waals surface area contributed by atoms with Crippen molar-refractivity contribution in [2.75, 3.05) is 38.0 Å². The first-order valence-electron chi connectivity index (χ1n) is 10.7. The van der Waals surface area contributed by atoms with Crippen LogP contribution in [0, 0.1) is 6.92 Å². The SMILES string of the molecule is Cc1c(C(N)=O)sc(NC(=O)CN2CCN(Cc3ccccc3)CC2)c1C(=O)OC(C)C. The van der Waals surface area contributed by atoms with Crippen molar-refractivity contribution in [2.45, 2.75) is 33.4 Å². The zero-order valence-corrected chi connectivity index (χ0v) is 19.5. The molecule has 0 atom stereocenters. The molecule has 1 fully saturated rings. The molecule has 32 heavy (non-hydrogen) atoms. The fourth-order valence-corrected chi connectivity index (χ4v) is 4.73. The van der Waals surface area contributed by atoms with E-state index < -0.39 is 11.9 Å². The Kier molecular flexibility index (Phi) is 8.00. The second-order valence-corrected chi connectivity index (χ2v) is 9.19. The van der Waals surface area contributed by atoms with Crippen molar-refractivity contribution in [2.24, 2.45) is 5.73 Å². The molecule has 2 aromatic rings. The van der Waals surface area contributed by atoms with Crippen LogP contribution in [0.25, 0.3) is 0 Å². The maximum atomic E-state index is 12.7. The Balaban J connectivity index is 1.59. The average Bonchev–Trinajstić information content (AvgIpc) is 3.05. The van der Waals surface area contributed by atoms with Gasteiger partial charge in [0.2, 0.25) is 5.91 Å². The molecule has 3 rings (SSSR count). The largest absolute Gasteiger partial charge is 0.459 e. The van der Waals surface area contributed by atoms with E-state index in [1.807, 2.05) is 18.2 Å². The highest BCUT2D eigenvalue weighted by molar-refractivity contribution is 7.18. The minimum absolute atomic E-state index is 0.193. The van der Waals surface area contributed by atoms with Crippen LogP contribution in [0.15, 0.2) is 30.3 Å². The van der Waals surface area contributed by atoms with Gasteiger partial charge in [-0.15, -0.1) is 11.3 Å². The Morgan fingerprint density at radius 1 is 1.09 bits per heavy atom. The lowest BCUT2D eigenvalue weighted by molar-refractivity contribution is -0.117. The van der Waals surface area contributed by atoms with Gasteiger partial charge in [-0.2, -0.15) is 0 Å². The zero-order chi connectivity index (χ0) is 23.3. The van der Waals surface area contributed by atoms with E-state index in [1.165, 1.54) is 5.56 Å². The van der Waals surface area contributed by atoms with E-state index in [9.17, 15) is 14.4 Å². The van der Waals surface area contributed by atoms with Crippen molar-refractivity contribution < 1.29 is 19.1 Å². The van der Waals surface area contributed by atoms with Gasteiger partial charge in [0.05, 0.1) is 23.1 Å². The molecule has 0 spiro atoms. The maximum absolute atomic E-state index is 12.7. The van der Waals surface area contributed by atoms with Crippen LogP contribution in [-0.4, -0.2) is 66.4 Å². The fraction of sp³-hybridized carbons (Fsp3) is 0.435. The van der Waals surface area contributed by atoms with Crippen molar-refractivity contribution in [3.63, 3.8) is 0 Å². The molecule has 8 nitrogen and oxygen atoms in total. The number of amides is 2. The number of piperazine rings is 1. The van der Waals surface area contributed by atoms with Crippen molar-refractivity contribution in [3.05, 3.63) is 51.9 Å². The minimum atomic E-state index is -0.638. The van der Waals surface area contributed by atoms with Crippen LogP contribution in [0.1, 0.15) is 45.0 Å². The number of carbonyl (C=O) groups excluding carboxylic acids is 3. The van der Waals surface area contributed by atoms with Gasteiger partial charge in [0.1, 0.15) is 5.00 Å². The Morgan fingerprint density at radius 2 is 1.72 bits per heavy atom. The van der Waals surface area contributed by atoms with Crippen LogP contribution >= 0.6 is 11.3 Å². The summed E-state index contributed by atoms with van der Waals surface area (Å²) in [6.07, 6.45) is -0.324. The average molecular weight is 459 g/mol. The van der Waals surface area contributed by atoms with Gasteiger partial charge in [-0.25, -0.2) is 4.79 Å². The first-order chi connectivity index (χ1) is 15.2. The lowest BCUT2D eigenvalue weighted by Gasteiger charge is -2.34. The Hall–Kier alpha value is -2.75. The van der Waals surface area contributed by atoms with Gasteiger partial charge in [-0.05, 0) is 31.9 Å².